The minimum atomic E-state index is -4.30. The van der Waals surface area contributed by atoms with Crippen LogP contribution in [0.4, 0.5) is 10.1 Å². The van der Waals surface area contributed by atoms with Crippen molar-refractivity contribution >= 4 is 50.7 Å². The summed E-state index contributed by atoms with van der Waals surface area (Å²) in [6, 6.07) is 15.1. The number of amides is 2. The maximum absolute atomic E-state index is 14.0. The van der Waals surface area contributed by atoms with Crippen LogP contribution in [0.25, 0.3) is 0 Å². The van der Waals surface area contributed by atoms with Gasteiger partial charge in [0.1, 0.15) is 18.4 Å². The summed E-state index contributed by atoms with van der Waals surface area (Å²) in [7, 11) is -4.30. The maximum atomic E-state index is 14.0. The summed E-state index contributed by atoms with van der Waals surface area (Å²) in [5.41, 5.74) is 1.44. The topological polar surface area (TPSA) is 86.8 Å². The molecule has 0 aromatic heterocycles. The number of sulfonamides is 1. The van der Waals surface area contributed by atoms with Crippen LogP contribution in [0.1, 0.15) is 38.3 Å². The molecule has 1 N–H and O–H groups in total. The number of hydrogen-bond acceptors (Lipinski definition) is 4. The molecule has 3 aromatic carbocycles. The second-order valence-electron chi connectivity index (χ2n) is 9.63. The van der Waals surface area contributed by atoms with Crippen molar-refractivity contribution in [3.05, 3.63) is 93.7 Å². The molecule has 2 amide bonds. The number of carbonyl (C=O) groups excluding carboxylic acids is 2. The van der Waals surface area contributed by atoms with Crippen LogP contribution in [0.5, 0.6) is 0 Å². The number of carbonyl (C=O) groups is 2. The van der Waals surface area contributed by atoms with Gasteiger partial charge in [0.15, 0.2) is 0 Å². The Bertz CT molecular complexity index is 1450. The van der Waals surface area contributed by atoms with E-state index < -0.39 is 34.3 Å². The standard InChI is InChI=1S/C29H32Cl2FN3O4S/c1-5-25(29(37)33-19(2)3)34(17-21-11-13-22(32)14-12-21)27(36)18-35(26-8-6-7-24(30)28(26)31)40(38,39)23-15-9-20(4)10-16-23/h6-16,19,25H,5,17-18H2,1-4H3,(H,33,37). The summed E-state index contributed by atoms with van der Waals surface area (Å²) in [4.78, 5) is 28.4. The van der Waals surface area contributed by atoms with Crippen LogP contribution in [-0.2, 0) is 26.2 Å². The SMILES string of the molecule is CCC(C(=O)NC(C)C)N(Cc1ccc(F)cc1)C(=O)CN(c1cccc(Cl)c1Cl)S(=O)(=O)c1ccc(C)cc1. The Labute approximate surface area is 244 Å². The smallest absolute Gasteiger partial charge is 0.264 e. The van der Waals surface area contributed by atoms with Gasteiger partial charge in [-0.2, -0.15) is 0 Å². The molecule has 0 bridgehead atoms. The summed E-state index contributed by atoms with van der Waals surface area (Å²) in [5.74, 6) is -1.49. The Balaban J connectivity index is 2.10. The van der Waals surface area contributed by atoms with Crippen molar-refractivity contribution in [2.24, 2.45) is 0 Å². The summed E-state index contributed by atoms with van der Waals surface area (Å²) < 4.78 is 42.3. The van der Waals surface area contributed by atoms with Gasteiger partial charge >= 0.3 is 0 Å². The lowest BCUT2D eigenvalue weighted by Crippen LogP contribution is -2.53. The van der Waals surface area contributed by atoms with Gasteiger partial charge in [-0.25, -0.2) is 12.8 Å². The van der Waals surface area contributed by atoms with Gasteiger partial charge in [-0.15, -0.1) is 0 Å². The molecule has 3 rings (SSSR count). The Hall–Kier alpha value is -3.14. The molecule has 0 saturated heterocycles. The van der Waals surface area contributed by atoms with Crippen molar-refractivity contribution in [3.63, 3.8) is 0 Å². The number of rotatable bonds is 11. The molecule has 1 unspecified atom stereocenters. The van der Waals surface area contributed by atoms with Crippen molar-refractivity contribution in [1.82, 2.24) is 10.2 Å². The number of anilines is 1. The van der Waals surface area contributed by atoms with Gasteiger partial charge in [-0.05, 0) is 69.2 Å². The average Bonchev–Trinajstić information content (AvgIpc) is 2.89. The number of aryl methyl sites for hydroxylation is 1. The minimum absolute atomic E-state index is 0.0181. The average molecular weight is 609 g/mol. The molecule has 0 heterocycles. The monoisotopic (exact) mass is 607 g/mol. The summed E-state index contributed by atoms with van der Waals surface area (Å²) in [5, 5.41) is 2.90. The molecule has 11 heteroatoms. The number of halogens is 3. The predicted octanol–water partition coefficient (Wildman–Crippen LogP) is 5.97. The van der Waals surface area contributed by atoms with E-state index in [2.05, 4.69) is 5.32 Å². The summed E-state index contributed by atoms with van der Waals surface area (Å²) in [6.45, 7) is 6.46. The molecular weight excluding hydrogens is 576 g/mol. The van der Waals surface area contributed by atoms with E-state index in [9.17, 15) is 22.4 Å². The lowest BCUT2D eigenvalue weighted by Gasteiger charge is -2.33. The third-order valence-corrected chi connectivity index (χ3v) is 8.75. The lowest BCUT2D eigenvalue weighted by molar-refractivity contribution is -0.140. The minimum Gasteiger partial charge on any atom is -0.352 e. The molecule has 3 aromatic rings. The van der Waals surface area contributed by atoms with Gasteiger partial charge in [0.05, 0.1) is 20.6 Å². The first-order chi connectivity index (χ1) is 18.8. The van der Waals surface area contributed by atoms with E-state index in [0.717, 1.165) is 9.87 Å². The van der Waals surface area contributed by atoms with Crippen LogP contribution in [0.15, 0.2) is 71.6 Å². The first-order valence-corrected chi connectivity index (χ1v) is 14.9. The second kappa shape index (κ2) is 13.5. The number of benzene rings is 3. The molecule has 0 aliphatic heterocycles. The van der Waals surface area contributed by atoms with E-state index in [1.54, 1.807) is 32.9 Å². The first kappa shape index (κ1) is 31.4. The Morgan fingerprint density at radius 2 is 1.60 bits per heavy atom. The van der Waals surface area contributed by atoms with E-state index in [1.165, 1.54) is 59.5 Å². The van der Waals surface area contributed by atoms with Gasteiger partial charge in [0, 0.05) is 12.6 Å². The largest absolute Gasteiger partial charge is 0.352 e. The van der Waals surface area contributed by atoms with E-state index in [1.807, 2.05) is 6.92 Å². The summed E-state index contributed by atoms with van der Waals surface area (Å²) in [6.07, 6.45) is 0.258. The molecule has 0 saturated carbocycles. The third kappa shape index (κ3) is 7.53. The molecule has 0 spiro atoms. The van der Waals surface area contributed by atoms with Gasteiger partial charge in [0.2, 0.25) is 11.8 Å². The van der Waals surface area contributed by atoms with Crippen LogP contribution in [0.2, 0.25) is 10.0 Å². The lowest BCUT2D eigenvalue weighted by atomic mass is 10.1. The van der Waals surface area contributed by atoms with Crippen molar-refractivity contribution in [3.8, 4) is 0 Å². The van der Waals surface area contributed by atoms with E-state index in [-0.39, 0.29) is 45.5 Å². The third-order valence-electron chi connectivity index (χ3n) is 6.17. The highest BCUT2D eigenvalue weighted by Crippen LogP contribution is 2.35. The van der Waals surface area contributed by atoms with Crippen molar-refractivity contribution in [2.75, 3.05) is 10.8 Å². The van der Waals surface area contributed by atoms with Gasteiger partial charge < -0.3 is 10.2 Å². The highest BCUT2D eigenvalue weighted by Gasteiger charge is 2.34. The Kier molecular flexibility index (Phi) is 10.6. The molecule has 40 heavy (non-hydrogen) atoms. The van der Waals surface area contributed by atoms with Crippen molar-refractivity contribution < 1.29 is 22.4 Å². The van der Waals surface area contributed by atoms with Crippen molar-refractivity contribution in [1.29, 1.82) is 0 Å². The predicted molar refractivity (Wildman–Crippen MR) is 156 cm³/mol. The zero-order valence-electron chi connectivity index (χ0n) is 22.7. The van der Waals surface area contributed by atoms with Gasteiger partial charge in [0.25, 0.3) is 10.0 Å². The quantitative estimate of drug-likeness (QED) is 0.291. The highest BCUT2D eigenvalue weighted by molar-refractivity contribution is 7.92. The molecule has 0 fully saturated rings. The van der Waals surface area contributed by atoms with Crippen LogP contribution in [0.3, 0.4) is 0 Å². The Morgan fingerprint density at radius 3 is 2.17 bits per heavy atom. The Morgan fingerprint density at radius 1 is 0.975 bits per heavy atom. The first-order valence-electron chi connectivity index (χ1n) is 12.7. The van der Waals surface area contributed by atoms with Crippen LogP contribution >= 0.6 is 23.2 Å². The van der Waals surface area contributed by atoms with Crippen LogP contribution < -0.4 is 9.62 Å². The fourth-order valence-corrected chi connectivity index (χ4v) is 6.00. The molecular formula is C29H32Cl2FN3O4S. The van der Waals surface area contributed by atoms with Crippen LogP contribution in [0, 0.1) is 12.7 Å². The van der Waals surface area contributed by atoms with E-state index in [0.29, 0.717) is 5.56 Å². The van der Waals surface area contributed by atoms with Crippen molar-refractivity contribution in [2.45, 2.75) is 57.6 Å². The fourth-order valence-electron chi connectivity index (χ4n) is 4.12. The normalized spacial score (nSPS) is 12.2. The number of hydrogen-bond donors (Lipinski definition) is 1. The molecule has 1 atom stereocenters. The second-order valence-corrected chi connectivity index (χ2v) is 12.3. The molecule has 0 aliphatic carbocycles. The van der Waals surface area contributed by atoms with Gasteiger partial charge in [-0.3, -0.25) is 13.9 Å². The zero-order chi connectivity index (χ0) is 29.6. The fraction of sp³-hybridized carbons (Fsp3) is 0.310. The highest BCUT2D eigenvalue weighted by atomic mass is 35.5. The molecule has 7 nitrogen and oxygen atoms in total. The van der Waals surface area contributed by atoms with E-state index >= 15 is 0 Å². The van der Waals surface area contributed by atoms with Gasteiger partial charge in [-0.1, -0.05) is 66.0 Å². The molecule has 0 radical (unpaired) electrons. The number of nitrogens with zero attached hydrogens (tertiary/aromatic N) is 2. The molecule has 0 aliphatic rings. The van der Waals surface area contributed by atoms with Crippen LogP contribution in [-0.4, -0.2) is 43.8 Å². The molecule has 214 valence electrons. The zero-order valence-corrected chi connectivity index (χ0v) is 25.0. The summed E-state index contributed by atoms with van der Waals surface area (Å²) >= 11 is 12.7. The number of nitrogens with one attached hydrogen (secondary N) is 1. The van der Waals surface area contributed by atoms with E-state index in [4.69, 9.17) is 23.2 Å². The maximum Gasteiger partial charge on any atom is 0.264 e.